The van der Waals surface area contributed by atoms with Crippen molar-refractivity contribution in [2.75, 3.05) is 58.4 Å². The van der Waals surface area contributed by atoms with Crippen molar-refractivity contribution in [2.24, 2.45) is 15.5 Å². The Morgan fingerprint density at radius 3 is 0.807 bits per heavy atom. The van der Waals surface area contributed by atoms with E-state index in [1.165, 1.54) is 24.3 Å². The molecule has 0 saturated carbocycles. The van der Waals surface area contributed by atoms with Gasteiger partial charge >= 0.3 is 42.7 Å². The third-order valence-corrected chi connectivity index (χ3v) is 12.7. The predicted octanol–water partition coefficient (Wildman–Crippen LogP) is 10.8. The first-order valence-electron chi connectivity index (χ1n) is 25.0. The Hall–Kier alpha value is -8.04. The number of rotatable bonds is 30. The second-order valence-corrected chi connectivity index (χ2v) is 23.0. The second kappa shape index (κ2) is 28.3. The Kier molecular flexibility index (Phi) is 21.9. The van der Waals surface area contributed by atoms with Crippen molar-refractivity contribution in [2.45, 2.75) is 50.9 Å². The van der Waals surface area contributed by atoms with Crippen molar-refractivity contribution in [1.82, 2.24) is 0 Å². The first-order chi connectivity index (χ1) is 39.1. The summed E-state index contributed by atoms with van der Waals surface area (Å²) in [6.45, 7) is 5.20. The van der Waals surface area contributed by atoms with Crippen LogP contribution in [0.1, 0.15) is 66.5 Å². The Morgan fingerprint density at radius 1 is 0.361 bits per heavy atom. The largest absolute Gasteiger partial charge is 0.493 e. The summed E-state index contributed by atoms with van der Waals surface area (Å²) in [5.74, 6) is 2.88. The molecule has 0 N–H and O–H groups in total. The van der Waals surface area contributed by atoms with Crippen molar-refractivity contribution in [3.8, 4) is 34.5 Å². The number of halogens is 6. The molecule has 0 heterocycles. The summed E-state index contributed by atoms with van der Waals surface area (Å²) in [5, 5.41) is 9.22. The van der Waals surface area contributed by atoms with Crippen molar-refractivity contribution >= 4 is 47.5 Å². The number of hydrogen-bond donors (Lipinski definition) is 0. The second-order valence-electron chi connectivity index (χ2n) is 18.3. The van der Waals surface area contributed by atoms with Crippen LogP contribution in [0.2, 0.25) is 0 Å². The van der Waals surface area contributed by atoms with Gasteiger partial charge in [-0.05, 0) is 145 Å². The molecule has 0 aromatic heterocycles. The van der Waals surface area contributed by atoms with E-state index in [0.717, 1.165) is 47.2 Å². The summed E-state index contributed by atoms with van der Waals surface area (Å²) in [7, 11) is -12.3. The average molecular weight is 1220 g/mol. The van der Waals surface area contributed by atoms with E-state index in [9.17, 15) is 51.6 Å². The minimum Gasteiger partial charge on any atom is -0.493 e. The monoisotopic (exact) mass is 1220 g/mol. The van der Waals surface area contributed by atoms with Gasteiger partial charge in [-0.2, -0.15) is 51.6 Å². The molecule has 27 heteroatoms. The molecule has 6 aromatic rings. The molecule has 446 valence electrons. The summed E-state index contributed by atoms with van der Waals surface area (Å²) in [5.41, 5.74) is -0.869. The van der Waals surface area contributed by atoms with Crippen LogP contribution in [0.15, 0.2) is 161 Å². The summed E-state index contributed by atoms with van der Waals surface area (Å²) in [6, 6.07) is 39.2. The molecule has 18 nitrogen and oxygen atoms in total. The lowest BCUT2D eigenvalue weighted by Crippen LogP contribution is -2.25. The minimum atomic E-state index is -4.99. The maximum absolute atomic E-state index is 13.6. The van der Waals surface area contributed by atoms with E-state index < -0.39 is 70.7 Å². The molecule has 0 aliphatic carbocycles. The molecule has 0 bridgehead atoms. The fraction of sp³-hybridized carbons (Fsp3) is 0.304. The topological polar surface area (TPSA) is 223 Å². The highest BCUT2D eigenvalue weighted by atomic mass is 32.2. The molecule has 0 atom stereocenters. The lowest BCUT2D eigenvalue weighted by Gasteiger charge is -2.32. The van der Waals surface area contributed by atoms with Crippen molar-refractivity contribution in [1.29, 1.82) is 0 Å². The zero-order valence-electron chi connectivity index (χ0n) is 45.2. The van der Waals surface area contributed by atoms with Crippen LogP contribution in [-0.2, 0) is 48.6 Å². The molecule has 0 fully saturated rings. The van der Waals surface area contributed by atoms with Gasteiger partial charge in [0.1, 0.15) is 34.5 Å². The molecule has 0 unspecified atom stereocenters. The molecule has 0 saturated heterocycles. The fourth-order valence-electron chi connectivity index (χ4n) is 7.60. The van der Waals surface area contributed by atoms with Crippen LogP contribution in [-0.4, -0.2) is 113 Å². The molecular weight excluding hydrogens is 1160 g/mol. The van der Waals surface area contributed by atoms with Crippen LogP contribution < -0.4 is 28.4 Å². The highest BCUT2D eigenvalue weighted by Gasteiger charge is 2.39. The van der Waals surface area contributed by atoms with Gasteiger partial charge in [-0.25, -0.2) is 0 Å². The Bertz CT molecular complexity index is 3360. The first-order valence-corrected chi connectivity index (χ1v) is 30.4. The third kappa shape index (κ3) is 20.7. The number of oxime groups is 3. The van der Waals surface area contributed by atoms with Crippen LogP contribution in [0.3, 0.4) is 0 Å². The normalized spacial score (nSPS) is 13.0. The van der Waals surface area contributed by atoms with Crippen molar-refractivity contribution in [3.63, 3.8) is 0 Å². The maximum Gasteiger partial charge on any atom is 0.437 e. The molecule has 0 radical (unpaired) electrons. The maximum atomic E-state index is 13.6. The van der Waals surface area contributed by atoms with Crippen LogP contribution in [0.4, 0.5) is 26.3 Å². The molecule has 0 spiro atoms. The summed E-state index contributed by atoms with van der Waals surface area (Å²) in [4.78, 5) is 0. The van der Waals surface area contributed by atoms with Crippen molar-refractivity contribution < 1.29 is 92.9 Å². The number of benzene rings is 6. The van der Waals surface area contributed by atoms with Gasteiger partial charge in [0, 0.05) is 35.8 Å². The summed E-state index contributed by atoms with van der Waals surface area (Å²) >= 11 is 0. The molecule has 83 heavy (non-hydrogen) atoms. The van der Waals surface area contributed by atoms with Gasteiger partial charge in [-0.1, -0.05) is 51.9 Å². The van der Waals surface area contributed by atoms with E-state index in [-0.39, 0.29) is 37.9 Å². The number of ether oxygens (including phenoxy) is 6. The Balaban J connectivity index is 1.06. The van der Waals surface area contributed by atoms with Gasteiger partial charge < -0.3 is 28.4 Å². The van der Waals surface area contributed by atoms with Crippen LogP contribution in [0, 0.1) is 0 Å². The van der Waals surface area contributed by atoms with E-state index in [1.54, 1.807) is 31.2 Å². The lowest BCUT2D eigenvalue weighted by atomic mass is 9.71. The number of nitrogens with zero attached hydrogens (tertiary/aromatic N) is 3. The number of alkyl halides is 6. The predicted molar refractivity (Wildman–Crippen MR) is 296 cm³/mol. The van der Waals surface area contributed by atoms with Gasteiger partial charge in [0.2, 0.25) is 0 Å². The van der Waals surface area contributed by atoms with E-state index in [4.69, 9.17) is 28.4 Å². The van der Waals surface area contributed by atoms with E-state index >= 15 is 0 Å². The average Bonchev–Trinajstić information content (AvgIpc) is 3.58. The van der Waals surface area contributed by atoms with E-state index in [2.05, 4.69) is 35.2 Å². The molecule has 0 aliphatic heterocycles. The minimum absolute atomic E-state index is 0.159. The van der Waals surface area contributed by atoms with E-state index in [0.29, 0.717) is 79.3 Å². The zero-order valence-corrected chi connectivity index (χ0v) is 47.6. The Labute approximate surface area is 476 Å². The molecule has 6 aromatic carbocycles. The van der Waals surface area contributed by atoms with E-state index in [1.807, 2.05) is 72.8 Å². The molecular formula is C56H57F6N3O15S3. The SMILES string of the molecule is C/C(=N/OS(C)(=O)=O)c1ccc(OCCCOc2ccc(C(C)(c3ccc(OCCCOc4ccc(/C(=N\OS(C)(=O)=O)C(F)(F)F)cc4)cc3)c3ccc(OCCCOc4ccc(/C(=N\OS(C)(=O)=O)C(F)(F)F)cc4)cc3)cc2)cc1. The molecule has 0 aliphatic rings. The lowest BCUT2D eigenvalue weighted by molar-refractivity contribution is -0.0606. The summed E-state index contributed by atoms with van der Waals surface area (Å²) in [6.07, 6.45) is -6.55. The quantitative estimate of drug-likeness (QED) is 0.0134. The van der Waals surface area contributed by atoms with Gasteiger partial charge in [0.05, 0.1) is 64.1 Å². The Morgan fingerprint density at radius 2 is 0.578 bits per heavy atom. The first kappa shape index (κ1) is 64.1. The molecule has 6 rings (SSSR count). The molecule has 0 amide bonds. The zero-order chi connectivity index (χ0) is 60.5. The highest BCUT2D eigenvalue weighted by Crippen LogP contribution is 2.41. The number of hydrogen-bond acceptors (Lipinski definition) is 18. The van der Waals surface area contributed by atoms with Crippen LogP contribution >= 0.6 is 0 Å². The van der Waals surface area contributed by atoms with Crippen LogP contribution in [0.5, 0.6) is 34.5 Å². The van der Waals surface area contributed by atoms with Gasteiger partial charge in [0.25, 0.3) is 0 Å². The standard InChI is InChI=1S/C56H57F6N3O15S3/c1-39(63-78-81(3,66)67)40-9-21-46(22-10-40)72-33-6-36-75-49-27-15-43(16-28-49)54(2,44-17-29-50(30-18-44)76-37-7-34-73-47-23-11-41(12-24-47)52(55(57,58)59)64-79-82(4,68)69)45-19-31-51(32-20-45)77-38-8-35-74-48-25-13-42(14-26-48)53(56(60,61)62)65-80-83(5,70)71/h9-32H,6-8,33-38H2,1-5H3/b63-39-,64-52+,65-53+. The van der Waals surface area contributed by atoms with Gasteiger partial charge in [-0.3, -0.25) is 12.9 Å². The van der Waals surface area contributed by atoms with Crippen molar-refractivity contribution in [3.05, 3.63) is 179 Å². The highest BCUT2D eigenvalue weighted by molar-refractivity contribution is 7.86. The third-order valence-electron chi connectivity index (χ3n) is 11.7. The van der Waals surface area contributed by atoms with Gasteiger partial charge in [-0.15, -0.1) is 0 Å². The van der Waals surface area contributed by atoms with Gasteiger partial charge in [0.15, 0.2) is 11.4 Å². The van der Waals surface area contributed by atoms with Crippen LogP contribution in [0.25, 0.3) is 0 Å². The summed E-state index contributed by atoms with van der Waals surface area (Å²) < 4.78 is 197. The smallest absolute Gasteiger partial charge is 0.437 e. The fourth-order valence-corrected chi connectivity index (χ4v) is 8.27.